The smallest absolute Gasteiger partial charge is 0.242 e. The Kier molecular flexibility index (Phi) is 4.98. The minimum atomic E-state index is -3.52. The van der Waals surface area contributed by atoms with Crippen LogP contribution >= 0.6 is 0 Å². The number of H-pyrrole nitrogens is 1. The van der Waals surface area contributed by atoms with Gasteiger partial charge in [0.1, 0.15) is 0 Å². The number of nitrogens with one attached hydrogen (secondary N) is 2. The molecule has 19 heavy (non-hydrogen) atoms. The maximum Gasteiger partial charge on any atom is 0.242 e. The van der Waals surface area contributed by atoms with Gasteiger partial charge in [-0.1, -0.05) is 12.8 Å². The van der Waals surface area contributed by atoms with Gasteiger partial charge in [0.05, 0.1) is 24.2 Å². The lowest BCUT2D eigenvalue weighted by Crippen LogP contribution is -2.28. The van der Waals surface area contributed by atoms with Crippen LogP contribution in [0.15, 0.2) is 17.2 Å². The molecule has 0 saturated heterocycles. The molecule has 3 N–H and O–H groups in total. The molecule has 0 spiro atoms. The predicted molar refractivity (Wildman–Crippen MR) is 70.1 cm³/mol. The standard InChI is InChI=1S/C12H20N2O4S/c15-9-10-7-12(8-13-10)19(16,17)14-5-6-18-11-3-1-2-4-11/h7-8,11,13-15H,1-6,9H2. The molecule has 0 unspecified atom stereocenters. The summed E-state index contributed by atoms with van der Waals surface area (Å²) in [6, 6.07) is 1.42. The van der Waals surface area contributed by atoms with Crippen LogP contribution in [-0.4, -0.2) is 37.8 Å². The quantitative estimate of drug-likeness (QED) is 0.645. The van der Waals surface area contributed by atoms with E-state index in [1.807, 2.05) is 0 Å². The van der Waals surface area contributed by atoms with Crippen molar-refractivity contribution >= 4 is 10.0 Å². The van der Waals surface area contributed by atoms with E-state index in [4.69, 9.17) is 9.84 Å². The first-order valence-corrected chi connectivity index (χ1v) is 7.99. The Labute approximate surface area is 113 Å². The molecule has 7 heteroatoms. The zero-order chi connectivity index (χ0) is 13.7. The summed E-state index contributed by atoms with van der Waals surface area (Å²) in [4.78, 5) is 2.83. The molecule has 0 aromatic carbocycles. The fraction of sp³-hybridized carbons (Fsp3) is 0.667. The number of aromatic nitrogens is 1. The van der Waals surface area contributed by atoms with Crippen molar-refractivity contribution in [2.45, 2.75) is 43.3 Å². The van der Waals surface area contributed by atoms with Gasteiger partial charge in [0.15, 0.2) is 0 Å². The lowest BCUT2D eigenvalue weighted by molar-refractivity contribution is 0.0626. The Bertz CT molecular complexity index is 492. The first kappa shape index (κ1) is 14.5. The maximum absolute atomic E-state index is 11.9. The van der Waals surface area contributed by atoms with Gasteiger partial charge < -0.3 is 14.8 Å². The summed E-state index contributed by atoms with van der Waals surface area (Å²) < 4.78 is 31.8. The van der Waals surface area contributed by atoms with Gasteiger partial charge in [0, 0.05) is 18.4 Å². The lowest BCUT2D eigenvalue weighted by Gasteiger charge is -2.11. The molecule has 0 bridgehead atoms. The minimum Gasteiger partial charge on any atom is -0.390 e. The Hall–Kier alpha value is -0.890. The van der Waals surface area contributed by atoms with E-state index in [2.05, 4.69) is 9.71 Å². The summed E-state index contributed by atoms with van der Waals surface area (Å²) in [5.74, 6) is 0. The van der Waals surface area contributed by atoms with Crippen LogP contribution < -0.4 is 4.72 Å². The van der Waals surface area contributed by atoms with Crippen LogP contribution in [0.25, 0.3) is 0 Å². The van der Waals surface area contributed by atoms with Gasteiger partial charge in [-0.05, 0) is 18.9 Å². The van der Waals surface area contributed by atoms with Crippen molar-refractivity contribution in [2.75, 3.05) is 13.2 Å². The van der Waals surface area contributed by atoms with Crippen molar-refractivity contribution in [3.8, 4) is 0 Å². The van der Waals surface area contributed by atoms with Gasteiger partial charge in [0.2, 0.25) is 10.0 Å². The molecule has 1 heterocycles. The Morgan fingerprint density at radius 3 is 2.79 bits per heavy atom. The monoisotopic (exact) mass is 288 g/mol. The van der Waals surface area contributed by atoms with Gasteiger partial charge in [-0.15, -0.1) is 0 Å². The zero-order valence-electron chi connectivity index (χ0n) is 10.8. The van der Waals surface area contributed by atoms with Crippen molar-refractivity contribution < 1.29 is 18.3 Å². The van der Waals surface area contributed by atoms with Crippen molar-refractivity contribution in [3.63, 3.8) is 0 Å². The fourth-order valence-electron chi connectivity index (χ4n) is 2.21. The van der Waals surface area contributed by atoms with Crippen molar-refractivity contribution in [2.24, 2.45) is 0 Å². The van der Waals surface area contributed by atoms with Gasteiger partial charge >= 0.3 is 0 Å². The predicted octanol–water partition coefficient (Wildman–Crippen LogP) is 0.744. The van der Waals surface area contributed by atoms with Crippen molar-refractivity contribution in [3.05, 3.63) is 18.0 Å². The van der Waals surface area contributed by atoms with Crippen molar-refractivity contribution in [1.29, 1.82) is 0 Å². The molecule has 2 rings (SSSR count). The Morgan fingerprint density at radius 1 is 1.42 bits per heavy atom. The topological polar surface area (TPSA) is 91.4 Å². The van der Waals surface area contributed by atoms with Crippen LogP contribution in [0.4, 0.5) is 0 Å². The molecule has 1 aromatic rings. The number of hydrogen-bond donors (Lipinski definition) is 3. The van der Waals surface area contributed by atoms with E-state index < -0.39 is 10.0 Å². The van der Waals surface area contributed by atoms with Gasteiger partial charge in [-0.3, -0.25) is 0 Å². The molecule has 1 saturated carbocycles. The molecule has 1 aromatic heterocycles. The van der Waals surface area contributed by atoms with Crippen LogP contribution in [0.5, 0.6) is 0 Å². The summed E-state index contributed by atoms with van der Waals surface area (Å²) in [5, 5.41) is 8.89. The third-order valence-electron chi connectivity index (χ3n) is 3.25. The Morgan fingerprint density at radius 2 is 2.16 bits per heavy atom. The van der Waals surface area contributed by atoms with Gasteiger partial charge in [-0.2, -0.15) is 0 Å². The molecule has 0 atom stereocenters. The summed E-state index contributed by atoms with van der Waals surface area (Å²) in [5.41, 5.74) is 0.475. The molecule has 6 nitrogen and oxygen atoms in total. The summed E-state index contributed by atoms with van der Waals surface area (Å²) in [7, 11) is -3.52. The highest BCUT2D eigenvalue weighted by atomic mass is 32.2. The van der Waals surface area contributed by atoms with Gasteiger partial charge in [0.25, 0.3) is 0 Å². The first-order chi connectivity index (χ1) is 9.12. The number of aromatic amines is 1. The number of rotatable bonds is 7. The summed E-state index contributed by atoms with van der Waals surface area (Å²) in [6.07, 6.45) is 6.20. The van der Waals surface area contributed by atoms with E-state index in [9.17, 15) is 8.42 Å². The maximum atomic E-state index is 11.9. The SMILES string of the molecule is O=S(=O)(NCCOC1CCCC1)c1c[nH]c(CO)c1. The normalized spacial score (nSPS) is 17.1. The van der Waals surface area contributed by atoms with Crippen molar-refractivity contribution in [1.82, 2.24) is 9.71 Å². The second-order valence-electron chi connectivity index (χ2n) is 4.69. The van der Waals surface area contributed by atoms with Crippen LogP contribution in [0.3, 0.4) is 0 Å². The summed E-state index contributed by atoms with van der Waals surface area (Å²) in [6.45, 7) is 0.444. The van der Waals surface area contributed by atoms with Gasteiger partial charge in [-0.25, -0.2) is 13.1 Å². The Balaban J connectivity index is 1.77. The molecule has 108 valence electrons. The second kappa shape index (κ2) is 6.51. The van der Waals surface area contributed by atoms with Crippen LogP contribution in [0, 0.1) is 0 Å². The van der Waals surface area contributed by atoms with Crippen LogP contribution in [0.2, 0.25) is 0 Å². The van der Waals surface area contributed by atoms with E-state index in [0.717, 1.165) is 12.8 Å². The summed E-state index contributed by atoms with van der Waals surface area (Å²) >= 11 is 0. The van der Waals surface area contributed by atoms with E-state index in [1.54, 1.807) is 0 Å². The molecule has 1 aliphatic carbocycles. The third kappa shape index (κ3) is 4.04. The molecule has 1 fully saturated rings. The third-order valence-corrected chi connectivity index (χ3v) is 4.69. The molecule has 1 aliphatic rings. The zero-order valence-corrected chi connectivity index (χ0v) is 11.6. The van der Waals surface area contributed by atoms with E-state index in [1.165, 1.54) is 25.1 Å². The highest BCUT2D eigenvalue weighted by Crippen LogP contribution is 2.20. The molecule has 0 amide bonds. The minimum absolute atomic E-state index is 0.136. The average molecular weight is 288 g/mol. The molecule has 0 radical (unpaired) electrons. The highest BCUT2D eigenvalue weighted by molar-refractivity contribution is 7.89. The number of hydrogen-bond acceptors (Lipinski definition) is 4. The largest absolute Gasteiger partial charge is 0.390 e. The first-order valence-electron chi connectivity index (χ1n) is 6.51. The number of aliphatic hydroxyl groups is 1. The lowest BCUT2D eigenvalue weighted by atomic mass is 10.3. The van der Waals surface area contributed by atoms with Crippen LogP contribution in [-0.2, 0) is 21.4 Å². The molecule has 0 aliphatic heterocycles. The average Bonchev–Trinajstić information content (AvgIpc) is 3.05. The number of aliphatic hydroxyl groups excluding tert-OH is 1. The molecular formula is C12H20N2O4S. The fourth-order valence-corrected chi connectivity index (χ4v) is 3.24. The second-order valence-corrected chi connectivity index (χ2v) is 6.46. The van der Waals surface area contributed by atoms with E-state index in [-0.39, 0.29) is 24.2 Å². The van der Waals surface area contributed by atoms with E-state index >= 15 is 0 Å². The highest BCUT2D eigenvalue weighted by Gasteiger charge is 2.17. The van der Waals surface area contributed by atoms with Crippen LogP contribution in [0.1, 0.15) is 31.4 Å². The van der Waals surface area contributed by atoms with E-state index in [0.29, 0.717) is 12.3 Å². The molecular weight excluding hydrogens is 268 g/mol. The number of ether oxygens (including phenoxy) is 1. The number of sulfonamides is 1.